The second-order valence-electron chi connectivity index (χ2n) is 5.81. The fourth-order valence-corrected chi connectivity index (χ4v) is 2.50. The minimum Gasteiger partial charge on any atom is -0.339 e. The molecule has 126 valence electrons. The number of carbonyl (C=O) groups excluding carboxylic acids is 2. The van der Waals surface area contributed by atoms with Crippen LogP contribution in [0.25, 0.3) is 0 Å². The Morgan fingerprint density at radius 1 is 1.17 bits per heavy atom. The van der Waals surface area contributed by atoms with Gasteiger partial charge in [0.1, 0.15) is 11.6 Å². The molecule has 1 aromatic carbocycles. The minimum atomic E-state index is -0.870. The van der Waals surface area contributed by atoms with Crippen molar-refractivity contribution < 1.29 is 18.4 Å². The molecule has 2 amide bonds. The fourth-order valence-electron chi connectivity index (χ4n) is 2.50. The number of amides is 2. The predicted molar refractivity (Wildman–Crippen MR) is 81.7 cm³/mol. The summed E-state index contributed by atoms with van der Waals surface area (Å²) in [5.41, 5.74) is 5.49. The van der Waals surface area contributed by atoms with Gasteiger partial charge in [-0.15, -0.1) is 0 Å². The molecule has 1 saturated heterocycles. The van der Waals surface area contributed by atoms with Crippen LogP contribution in [0, 0.1) is 11.6 Å². The van der Waals surface area contributed by atoms with Crippen molar-refractivity contribution in [3.8, 4) is 0 Å². The molecule has 1 fully saturated rings. The van der Waals surface area contributed by atoms with Gasteiger partial charge < -0.3 is 15.5 Å². The molecule has 1 heterocycles. The number of halogens is 2. The summed E-state index contributed by atoms with van der Waals surface area (Å²) in [4.78, 5) is 27.4. The van der Waals surface area contributed by atoms with Gasteiger partial charge in [-0.05, 0) is 25.5 Å². The SMILES string of the molecule is CC(N)CCC(=O)N1CCN(C(=O)c2ccc(F)cc2F)CC1. The van der Waals surface area contributed by atoms with E-state index in [4.69, 9.17) is 5.73 Å². The summed E-state index contributed by atoms with van der Waals surface area (Å²) in [5.74, 6) is -2.05. The van der Waals surface area contributed by atoms with Crippen molar-refractivity contribution in [1.29, 1.82) is 0 Å². The molecule has 0 saturated carbocycles. The van der Waals surface area contributed by atoms with Gasteiger partial charge in [0.05, 0.1) is 5.56 Å². The highest BCUT2D eigenvalue weighted by Gasteiger charge is 2.26. The number of nitrogens with zero attached hydrogens (tertiary/aromatic N) is 2. The van der Waals surface area contributed by atoms with E-state index in [0.29, 0.717) is 45.1 Å². The molecule has 1 aromatic rings. The van der Waals surface area contributed by atoms with E-state index in [1.165, 1.54) is 4.90 Å². The third-order valence-corrected chi connectivity index (χ3v) is 3.89. The maximum absolute atomic E-state index is 13.7. The number of nitrogens with two attached hydrogens (primary N) is 1. The fraction of sp³-hybridized carbons (Fsp3) is 0.500. The van der Waals surface area contributed by atoms with Crippen LogP contribution in [-0.4, -0.2) is 53.8 Å². The molecule has 5 nitrogen and oxygen atoms in total. The molecular formula is C16H21F2N3O2. The third-order valence-electron chi connectivity index (χ3n) is 3.89. The van der Waals surface area contributed by atoms with Crippen LogP contribution in [0.2, 0.25) is 0 Å². The average Bonchev–Trinajstić information content (AvgIpc) is 2.52. The molecule has 0 radical (unpaired) electrons. The zero-order valence-corrected chi connectivity index (χ0v) is 13.1. The Balaban J connectivity index is 1.91. The van der Waals surface area contributed by atoms with Crippen LogP contribution in [0.1, 0.15) is 30.1 Å². The van der Waals surface area contributed by atoms with Crippen LogP contribution >= 0.6 is 0 Å². The van der Waals surface area contributed by atoms with E-state index < -0.39 is 17.5 Å². The second-order valence-corrected chi connectivity index (χ2v) is 5.81. The van der Waals surface area contributed by atoms with Crippen LogP contribution in [0.5, 0.6) is 0 Å². The summed E-state index contributed by atoms with van der Waals surface area (Å²) >= 11 is 0. The third kappa shape index (κ3) is 4.48. The van der Waals surface area contributed by atoms with Gasteiger partial charge in [0.25, 0.3) is 5.91 Å². The van der Waals surface area contributed by atoms with E-state index in [0.717, 1.165) is 12.1 Å². The van der Waals surface area contributed by atoms with E-state index >= 15 is 0 Å². The van der Waals surface area contributed by atoms with Crippen LogP contribution in [0.15, 0.2) is 18.2 Å². The van der Waals surface area contributed by atoms with Gasteiger partial charge in [0, 0.05) is 44.7 Å². The Hall–Kier alpha value is -2.02. The van der Waals surface area contributed by atoms with Gasteiger partial charge in [-0.2, -0.15) is 0 Å². The van der Waals surface area contributed by atoms with E-state index in [2.05, 4.69) is 0 Å². The summed E-state index contributed by atoms with van der Waals surface area (Å²) in [6, 6.07) is 2.88. The number of hydrogen-bond donors (Lipinski definition) is 1. The molecule has 2 rings (SSSR count). The summed E-state index contributed by atoms with van der Waals surface area (Å²) < 4.78 is 26.6. The Labute approximate surface area is 134 Å². The van der Waals surface area contributed by atoms with Gasteiger partial charge in [0.15, 0.2) is 0 Å². The van der Waals surface area contributed by atoms with Crippen molar-refractivity contribution in [3.63, 3.8) is 0 Å². The second kappa shape index (κ2) is 7.50. The monoisotopic (exact) mass is 325 g/mol. The summed E-state index contributed by atoms with van der Waals surface area (Å²) in [5, 5.41) is 0. The number of piperazine rings is 1. The summed E-state index contributed by atoms with van der Waals surface area (Å²) in [6.45, 7) is 3.33. The molecule has 0 aliphatic carbocycles. The van der Waals surface area contributed by atoms with Crippen LogP contribution in [-0.2, 0) is 4.79 Å². The lowest BCUT2D eigenvalue weighted by Crippen LogP contribution is -2.50. The van der Waals surface area contributed by atoms with Crippen LogP contribution in [0.4, 0.5) is 8.78 Å². The maximum Gasteiger partial charge on any atom is 0.256 e. The normalized spacial score (nSPS) is 16.3. The number of benzene rings is 1. The largest absolute Gasteiger partial charge is 0.339 e. The van der Waals surface area contributed by atoms with Crippen molar-refractivity contribution in [2.45, 2.75) is 25.8 Å². The van der Waals surface area contributed by atoms with Crippen molar-refractivity contribution in [2.24, 2.45) is 5.73 Å². The number of carbonyl (C=O) groups is 2. The Kier molecular flexibility index (Phi) is 5.65. The Morgan fingerprint density at radius 3 is 2.35 bits per heavy atom. The smallest absolute Gasteiger partial charge is 0.256 e. The quantitative estimate of drug-likeness (QED) is 0.909. The lowest BCUT2D eigenvalue weighted by Gasteiger charge is -2.35. The number of hydrogen-bond acceptors (Lipinski definition) is 3. The highest BCUT2D eigenvalue weighted by Crippen LogP contribution is 2.14. The van der Waals surface area contributed by atoms with Crippen molar-refractivity contribution >= 4 is 11.8 Å². The van der Waals surface area contributed by atoms with Crippen LogP contribution in [0.3, 0.4) is 0 Å². The molecule has 1 aliphatic heterocycles. The molecule has 23 heavy (non-hydrogen) atoms. The standard InChI is InChI=1S/C16H21F2N3O2/c1-11(19)2-5-15(22)20-6-8-21(9-7-20)16(23)13-4-3-12(17)10-14(13)18/h3-4,10-11H,2,5-9,19H2,1H3. The molecule has 0 spiro atoms. The first kappa shape index (κ1) is 17.3. The van der Waals surface area contributed by atoms with E-state index in [-0.39, 0.29) is 17.5 Å². The van der Waals surface area contributed by atoms with Gasteiger partial charge in [-0.3, -0.25) is 9.59 Å². The first-order valence-electron chi connectivity index (χ1n) is 7.66. The van der Waals surface area contributed by atoms with E-state index in [9.17, 15) is 18.4 Å². The lowest BCUT2D eigenvalue weighted by molar-refractivity contribution is -0.132. The zero-order valence-electron chi connectivity index (χ0n) is 13.1. The van der Waals surface area contributed by atoms with Crippen molar-refractivity contribution in [3.05, 3.63) is 35.4 Å². The molecular weight excluding hydrogens is 304 g/mol. The molecule has 2 N–H and O–H groups in total. The van der Waals surface area contributed by atoms with Crippen molar-refractivity contribution in [1.82, 2.24) is 9.80 Å². The molecule has 0 aromatic heterocycles. The molecule has 0 bridgehead atoms. The Bertz CT molecular complexity index is 585. The predicted octanol–water partition coefficient (Wildman–Crippen LogP) is 1.38. The van der Waals surface area contributed by atoms with E-state index in [1.54, 1.807) is 4.90 Å². The average molecular weight is 325 g/mol. The maximum atomic E-state index is 13.7. The zero-order chi connectivity index (χ0) is 17.0. The van der Waals surface area contributed by atoms with Crippen LogP contribution < -0.4 is 5.73 Å². The molecule has 1 unspecified atom stereocenters. The first-order chi connectivity index (χ1) is 10.9. The van der Waals surface area contributed by atoms with Gasteiger partial charge in [-0.1, -0.05) is 0 Å². The molecule has 1 aliphatic rings. The van der Waals surface area contributed by atoms with Gasteiger partial charge >= 0.3 is 0 Å². The van der Waals surface area contributed by atoms with Gasteiger partial charge in [-0.25, -0.2) is 8.78 Å². The number of rotatable bonds is 4. The highest BCUT2D eigenvalue weighted by molar-refractivity contribution is 5.94. The minimum absolute atomic E-state index is 0.0161. The summed E-state index contributed by atoms with van der Waals surface area (Å²) in [7, 11) is 0. The summed E-state index contributed by atoms with van der Waals surface area (Å²) in [6.07, 6.45) is 1.01. The molecule has 7 heteroatoms. The highest BCUT2D eigenvalue weighted by atomic mass is 19.1. The Morgan fingerprint density at radius 2 is 1.78 bits per heavy atom. The topological polar surface area (TPSA) is 66.6 Å². The van der Waals surface area contributed by atoms with Gasteiger partial charge in [0.2, 0.25) is 5.91 Å². The molecule has 1 atom stereocenters. The first-order valence-corrected chi connectivity index (χ1v) is 7.66. The lowest BCUT2D eigenvalue weighted by atomic mass is 10.1. The van der Waals surface area contributed by atoms with Crippen molar-refractivity contribution in [2.75, 3.05) is 26.2 Å². The van der Waals surface area contributed by atoms with E-state index in [1.807, 2.05) is 6.92 Å².